The number of benzene rings is 1. The van der Waals surface area contributed by atoms with Crippen LogP contribution in [-0.2, 0) is 5.33 Å². The largest absolute Gasteiger partial charge is 0.367 e. The van der Waals surface area contributed by atoms with Crippen molar-refractivity contribution in [3.8, 4) is 6.07 Å². The molecule has 0 aromatic heterocycles. The second-order valence-electron chi connectivity index (χ2n) is 6.04. The number of nitrogens with zero attached hydrogens (tertiary/aromatic N) is 2. The van der Waals surface area contributed by atoms with Gasteiger partial charge in [0.2, 0.25) is 0 Å². The highest BCUT2D eigenvalue weighted by molar-refractivity contribution is 9.08. The number of alkyl halides is 1. The van der Waals surface area contributed by atoms with Gasteiger partial charge in [-0.3, -0.25) is 0 Å². The molecule has 0 bridgehead atoms. The molecule has 1 unspecified atom stereocenters. The molecule has 3 rings (SSSR count). The maximum atomic E-state index is 9.46. The van der Waals surface area contributed by atoms with Gasteiger partial charge in [0.25, 0.3) is 0 Å². The molecule has 20 heavy (non-hydrogen) atoms. The lowest BCUT2D eigenvalue weighted by atomic mass is 9.95. The van der Waals surface area contributed by atoms with Gasteiger partial charge in [-0.2, -0.15) is 5.26 Å². The molecule has 106 valence electrons. The van der Waals surface area contributed by atoms with Crippen LogP contribution in [0.25, 0.3) is 0 Å². The summed E-state index contributed by atoms with van der Waals surface area (Å²) in [7, 11) is 0. The van der Waals surface area contributed by atoms with Crippen LogP contribution < -0.4 is 4.90 Å². The fraction of sp³-hybridized carbons (Fsp3) is 0.588. The Bertz CT molecular complexity index is 514. The van der Waals surface area contributed by atoms with Crippen molar-refractivity contribution in [2.24, 2.45) is 5.92 Å². The van der Waals surface area contributed by atoms with E-state index in [2.05, 4.69) is 39.0 Å². The molecule has 2 aliphatic rings. The molecule has 1 saturated heterocycles. The fourth-order valence-electron chi connectivity index (χ4n) is 3.93. The van der Waals surface area contributed by atoms with Crippen molar-refractivity contribution in [2.75, 3.05) is 11.4 Å². The Kier molecular flexibility index (Phi) is 4.31. The molecule has 1 aliphatic carbocycles. The maximum Gasteiger partial charge on any atom is 0.101 e. The zero-order valence-electron chi connectivity index (χ0n) is 11.8. The Morgan fingerprint density at radius 1 is 1.20 bits per heavy atom. The van der Waals surface area contributed by atoms with Crippen LogP contribution in [0, 0.1) is 17.2 Å². The van der Waals surface area contributed by atoms with Crippen LogP contribution >= 0.6 is 15.9 Å². The lowest BCUT2D eigenvalue weighted by Crippen LogP contribution is -2.35. The van der Waals surface area contributed by atoms with Crippen molar-refractivity contribution < 1.29 is 0 Å². The zero-order valence-corrected chi connectivity index (χ0v) is 13.4. The highest BCUT2D eigenvalue weighted by Crippen LogP contribution is 2.38. The molecule has 0 N–H and O–H groups in total. The van der Waals surface area contributed by atoms with E-state index in [0.717, 1.165) is 29.0 Å². The minimum absolute atomic E-state index is 0.666. The van der Waals surface area contributed by atoms with Crippen LogP contribution in [0.15, 0.2) is 18.2 Å². The van der Waals surface area contributed by atoms with E-state index in [1.807, 2.05) is 6.07 Å². The third kappa shape index (κ3) is 2.59. The molecule has 3 heteroatoms. The predicted octanol–water partition coefficient (Wildman–Crippen LogP) is 4.61. The lowest BCUT2D eigenvalue weighted by molar-refractivity contribution is 0.430. The average molecular weight is 333 g/mol. The number of hydrogen-bond acceptors (Lipinski definition) is 2. The van der Waals surface area contributed by atoms with E-state index in [-0.39, 0.29) is 0 Å². The molecular formula is C17H21BrN2. The number of rotatable bonds is 3. The first kappa shape index (κ1) is 13.9. The molecule has 1 atom stereocenters. The third-order valence-corrected chi connectivity index (χ3v) is 5.54. The molecule has 0 spiro atoms. The Labute approximate surface area is 129 Å². The van der Waals surface area contributed by atoms with E-state index in [1.54, 1.807) is 0 Å². The normalized spacial score (nSPS) is 23.2. The number of halogens is 1. The molecule has 2 fully saturated rings. The molecule has 1 aliphatic heterocycles. The van der Waals surface area contributed by atoms with Gasteiger partial charge in [0.15, 0.2) is 0 Å². The first-order valence-corrected chi connectivity index (χ1v) is 8.81. The first-order valence-electron chi connectivity index (χ1n) is 7.69. The van der Waals surface area contributed by atoms with Crippen LogP contribution in [0.1, 0.15) is 49.7 Å². The minimum Gasteiger partial charge on any atom is -0.367 e. The fourth-order valence-corrected chi connectivity index (χ4v) is 4.28. The van der Waals surface area contributed by atoms with Crippen LogP contribution in [0.4, 0.5) is 5.69 Å². The second kappa shape index (κ2) is 6.18. The SMILES string of the molecule is N#Cc1cc(CBr)ccc1N1CCCC1C1CCCC1. The summed E-state index contributed by atoms with van der Waals surface area (Å²) in [5, 5.41) is 10.3. The summed E-state index contributed by atoms with van der Waals surface area (Å²) in [5.74, 6) is 0.847. The zero-order chi connectivity index (χ0) is 13.9. The van der Waals surface area contributed by atoms with Crippen molar-refractivity contribution in [1.82, 2.24) is 0 Å². The van der Waals surface area contributed by atoms with Gasteiger partial charge < -0.3 is 4.90 Å². The minimum atomic E-state index is 0.666. The number of anilines is 1. The molecule has 1 saturated carbocycles. The molecule has 2 nitrogen and oxygen atoms in total. The topological polar surface area (TPSA) is 27.0 Å². The highest BCUT2D eigenvalue weighted by atomic mass is 79.9. The van der Waals surface area contributed by atoms with E-state index in [1.165, 1.54) is 44.1 Å². The molecular weight excluding hydrogens is 312 g/mol. The summed E-state index contributed by atoms with van der Waals surface area (Å²) in [5.41, 5.74) is 3.18. The second-order valence-corrected chi connectivity index (χ2v) is 6.61. The highest BCUT2D eigenvalue weighted by Gasteiger charge is 2.34. The molecule has 1 aromatic rings. The predicted molar refractivity (Wildman–Crippen MR) is 86.1 cm³/mol. The smallest absolute Gasteiger partial charge is 0.101 e. The van der Waals surface area contributed by atoms with Crippen LogP contribution in [-0.4, -0.2) is 12.6 Å². The van der Waals surface area contributed by atoms with Gasteiger partial charge in [0.1, 0.15) is 6.07 Å². The summed E-state index contributed by atoms with van der Waals surface area (Å²) < 4.78 is 0. The standard InChI is InChI=1S/C17H21BrN2/c18-11-13-7-8-17(15(10-13)12-19)20-9-3-6-16(20)14-4-1-2-5-14/h7-8,10,14,16H,1-6,9,11H2. The summed E-state index contributed by atoms with van der Waals surface area (Å²) in [6, 6.07) is 9.40. The summed E-state index contributed by atoms with van der Waals surface area (Å²) in [6.07, 6.45) is 8.11. The molecule has 0 radical (unpaired) electrons. The summed E-state index contributed by atoms with van der Waals surface area (Å²) in [6.45, 7) is 1.11. The molecule has 0 amide bonds. The van der Waals surface area contributed by atoms with Gasteiger partial charge in [0, 0.05) is 17.9 Å². The van der Waals surface area contributed by atoms with Crippen LogP contribution in [0.2, 0.25) is 0 Å². The van der Waals surface area contributed by atoms with Gasteiger partial charge in [-0.05, 0) is 49.3 Å². The maximum absolute atomic E-state index is 9.46. The van der Waals surface area contributed by atoms with Crippen molar-refractivity contribution >= 4 is 21.6 Å². The monoisotopic (exact) mass is 332 g/mol. The van der Waals surface area contributed by atoms with Crippen molar-refractivity contribution in [2.45, 2.75) is 49.9 Å². The van der Waals surface area contributed by atoms with Gasteiger partial charge in [-0.25, -0.2) is 0 Å². The Morgan fingerprint density at radius 3 is 2.70 bits per heavy atom. The van der Waals surface area contributed by atoms with Crippen molar-refractivity contribution in [1.29, 1.82) is 5.26 Å². The molecule has 1 aromatic carbocycles. The average Bonchev–Trinajstić information content (AvgIpc) is 3.16. The van der Waals surface area contributed by atoms with Gasteiger partial charge >= 0.3 is 0 Å². The van der Waals surface area contributed by atoms with Crippen LogP contribution in [0.3, 0.4) is 0 Å². The van der Waals surface area contributed by atoms with Gasteiger partial charge in [0.05, 0.1) is 11.3 Å². The van der Waals surface area contributed by atoms with E-state index in [0.29, 0.717) is 6.04 Å². The summed E-state index contributed by atoms with van der Waals surface area (Å²) >= 11 is 3.47. The van der Waals surface area contributed by atoms with E-state index >= 15 is 0 Å². The Hall–Kier alpha value is -1.01. The first-order chi connectivity index (χ1) is 9.83. The van der Waals surface area contributed by atoms with Crippen molar-refractivity contribution in [3.05, 3.63) is 29.3 Å². The van der Waals surface area contributed by atoms with E-state index < -0.39 is 0 Å². The molecule has 1 heterocycles. The lowest BCUT2D eigenvalue weighted by Gasteiger charge is -2.32. The summed E-state index contributed by atoms with van der Waals surface area (Å²) in [4.78, 5) is 2.52. The number of nitriles is 1. The quantitative estimate of drug-likeness (QED) is 0.755. The van der Waals surface area contributed by atoms with E-state index in [9.17, 15) is 5.26 Å². The van der Waals surface area contributed by atoms with Crippen LogP contribution in [0.5, 0.6) is 0 Å². The Balaban J connectivity index is 1.89. The third-order valence-electron chi connectivity index (χ3n) is 4.89. The number of hydrogen-bond donors (Lipinski definition) is 0. The van der Waals surface area contributed by atoms with E-state index in [4.69, 9.17) is 0 Å². The van der Waals surface area contributed by atoms with Gasteiger partial charge in [-0.1, -0.05) is 34.8 Å². The van der Waals surface area contributed by atoms with Gasteiger partial charge in [-0.15, -0.1) is 0 Å². The Morgan fingerprint density at radius 2 is 2.00 bits per heavy atom. The van der Waals surface area contributed by atoms with Crippen molar-refractivity contribution in [3.63, 3.8) is 0 Å².